The predicted octanol–water partition coefficient (Wildman–Crippen LogP) is 3.35. The van der Waals surface area contributed by atoms with Crippen molar-refractivity contribution in [1.82, 2.24) is 4.98 Å². The van der Waals surface area contributed by atoms with Gasteiger partial charge in [-0.15, -0.1) is 0 Å². The Morgan fingerprint density at radius 1 is 1.37 bits per heavy atom. The lowest BCUT2D eigenvalue weighted by Crippen LogP contribution is -2.03. The zero-order valence-corrected chi connectivity index (χ0v) is 11.1. The number of carbonyl (C=O) groups is 1. The van der Waals surface area contributed by atoms with E-state index < -0.39 is 5.97 Å². The van der Waals surface area contributed by atoms with E-state index in [0.717, 1.165) is 11.3 Å². The second-order valence-corrected chi connectivity index (χ2v) is 4.57. The number of hydrogen-bond acceptors (Lipinski definition) is 3. The number of anilines is 1. The van der Waals surface area contributed by atoms with Gasteiger partial charge in [-0.1, -0.05) is 17.7 Å². The van der Waals surface area contributed by atoms with Crippen LogP contribution in [-0.4, -0.2) is 16.1 Å². The summed E-state index contributed by atoms with van der Waals surface area (Å²) < 4.78 is 0. The highest BCUT2D eigenvalue weighted by Crippen LogP contribution is 2.21. The molecule has 0 amide bonds. The summed E-state index contributed by atoms with van der Waals surface area (Å²) in [4.78, 5) is 15.2. The SMILES string of the molecule is Cc1ccc(CNc2ccc(Cl)c(C(=O)O)c2)cn1. The van der Waals surface area contributed by atoms with Gasteiger partial charge in [0.05, 0.1) is 10.6 Å². The van der Waals surface area contributed by atoms with Gasteiger partial charge in [0, 0.05) is 24.1 Å². The number of carboxylic acids is 1. The maximum Gasteiger partial charge on any atom is 0.337 e. The topological polar surface area (TPSA) is 62.2 Å². The standard InChI is InChI=1S/C14H13ClN2O2/c1-9-2-3-10(7-16-9)8-17-11-4-5-13(15)12(6-11)14(18)19/h2-7,17H,8H2,1H3,(H,18,19). The summed E-state index contributed by atoms with van der Waals surface area (Å²) in [6.45, 7) is 2.50. The molecule has 5 heteroatoms. The van der Waals surface area contributed by atoms with Gasteiger partial charge in [-0.05, 0) is 36.8 Å². The number of nitrogens with one attached hydrogen (secondary N) is 1. The summed E-state index contributed by atoms with van der Waals surface area (Å²) in [5.74, 6) is -1.04. The van der Waals surface area contributed by atoms with Crippen LogP contribution in [0, 0.1) is 6.92 Å². The molecule has 0 saturated carbocycles. The van der Waals surface area contributed by atoms with Gasteiger partial charge >= 0.3 is 5.97 Å². The number of halogens is 1. The lowest BCUT2D eigenvalue weighted by molar-refractivity contribution is 0.0697. The van der Waals surface area contributed by atoms with Gasteiger partial charge in [0.1, 0.15) is 0 Å². The molecule has 1 aromatic carbocycles. The molecule has 0 saturated heterocycles. The van der Waals surface area contributed by atoms with Crippen LogP contribution in [0.5, 0.6) is 0 Å². The number of nitrogens with zero attached hydrogens (tertiary/aromatic N) is 1. The Hall–Kier alpha value is -2.07. The fourth-order valence-electron chi connectivity index (χ4n) is 1.61. The van der Waals surface area contributed by atoms with Crippen LogP contribution >= 0.6 is 11.6 Å². The van der Waals surface area contributed by atoms with Gasteiger partial charge in [0.15, 0.2) is 0 Å². The second-order valence-electron chi connectivity index (χ2n) is 4.16. The normalized spacial score (nSPS) is 10.2. The lowest BCUT2D eigenvalue weighted by atomic mass is 10.2. The molecule has 0 aliphatic heterocycles. The van der Waals surface area contributed by atoms with E-state index in [-0.39, 0.29) is 10.6 Å². The summed E-state index contributed by atoms with van der Waals surface area (Å²) in [6, 6.07) is 8.74. The van der Waals surface area contributed by atoms with Crippen LogP contribution in [0.1, 0.15) is 21.6 Å². The van der Waals surface area contributed by atoms with Gasteiger partial charge in [-0.2, -0.15) is 0 Å². The van der Waals surface area contributed by atoms with Crippen LogP contribution in [0.15, 0.2) is 36.5 Å². The first-order valence-electron chi connectivity index (χ1n) is 5.74. The molecule has 0 fully saturated rings. The van der Waals surface area contributed by atoms with E-state index in [4.69, 9.17) is 16.7 Å². The number of aromatic carboxylic acids is 1. The van der Waals surface area contributed by atoms with Crippen molar-refractivity contribution in [3.05, 3.63) is 58.4 Å². The van der Waals surface area contributed by atoms with E-state index in [1.54, 1.807) is 18.3 Å². The highest BCUT2D eigenvalue weighted by atomic mass is 35.5. The van der Waals surface area contributed by atoms with Gasteiger partial charge in [0.2, 0.25) is 0 Å². The molecule has 0 unspecified atom stereocenters. The summed E-state index contributed by atoms with van der Waals surface area (Å²) in [7, 11) is 0. The van der Waals surface area contributed by atoms with Crippen LogP contribution in [0.25, 0.3) is 0 Å². The van der Waals surface area contributed by atoms with Crippen molar-refractivity contribution >= 4 is 23.3 Å². The minimum Gasteiger partial charge on any atom is -0.478 e. The molecule has 98 valence electrons. The maximum atomic E-state index is 11.0. The molecule has 0 spiro atoms. The van der Waals surface area contributed by atoms with Gasteiger partial charge in [-0.25, -0.2) is 4.79 Å². The minimum absolute atomic E-state index is 0.0914. The Morgan fingerprint density at radius 2 is 2.16 bits per heavy atom. The van der Waals surface area contributed by atoms with E-state index in [2.05, 4.69) is 10.3 Å². The van der Waals surface area contributed by atoms with Crippen molar-refractivity contribution in [2.75, 3.05) is 5.32 Å². The van der Waals surface area contributed by atoms with Crippen molar-refractivity contribution in [1.29, 1.82) is 0 Å². The molecule has 19 heavy (non-hydrogen) atoms. The minimum atomic E-state index is -1.04. The fourth-order valence-corrected chi connectivity index (χ4v) is 1.80. The van der Waals surface area contributed by atoms with Crippen molar-refractivity contribution in [3.8, 4) is 0 Å². The smallest absolute Gasteiger partial charge is 0.337 e. The molecule has 0 aliphatic rings. The molecule has 0 bridgehead atoms. The van der Waals surface area contributed by atoms with Gasteiger partial charge in [-0.3, -0.25) is 4.98 Å². The molecule has 2 N–H and O–H groups in total. The number of aryl methyl sites for hydroxylation is 1. The van der Waals surface area contributed by atoms with Crippen LogP contribution in [0.2, 0.25) is 5.02 Å². The third-order valence-electron chi connectivity index (χ3n) is 2.67. The number of hydrogen-bond donors (Lipinski definition) is 2. The summed E-state index contributed by atoms with van der Waals surface area (Å²) >= 11 is 5.81. The Bertz CT molecular complexity index is 597. The highest BCUT2D eigenvalue weighted by Gasteiger charge is 2.09. The van der Waals surface area contributed by atoms with Crippen LogP contribution in [-0.2, 0) is 6.54 Å². The molecular formula is C14H13ClN2O2. The van der Waals surface area contributed by atoms with Crippen molar-refractivity contribution in [2.24, 2.45) is 0 Å². The molecule has 0 radical (unpaired) electrons. The van der Waals surface area contributed by atoms with E-state index in [1.807, 2.05) is 19.1 Å². The van der Waals surface area contributed by atoms with Gasteiger partial charge in [0.25, 0.3) is 0 Å². The first-order chi connectivity index (χ1) is 9.06. The largest absolute Gasteiger partial charge is 0.478 e. The average Bonchev–Trinajstić information content (AvgIpc) is 2.39. The Balaban J connectivity index is 2.09. The maximum absolute atomic E-state index is 11.0. The zero-order valence-electron chi connectivity index (χ0n) is 10.4. The first-order valence-corrected chi connectivity index (χ1v) is 6.12. The monoisotopic (exact) mass is 276 g/mol. The van der Waals surface area contributed by atoms with E-state index >= 15 is 0 Å². The van der Waals surface area contributed by atoms with E-state index in [0.29, 0.717) is 12.2 Å². The third-order valence-corrected chi connectivity index (χ3v) is 3.00. The van der Waals surface area contributed by atoms with Gasteiger partial charge < -0.3 is 10.4 Å². The van der Waals surface area contributed by atoms with Crippen LogP contribution < -0.4 is 5.32 Å². The lowest BCUT2D eigenvalue weighted by Gasteiger charge is -2.08. The number of carboxylic acid groups (broad SMARTS) is 1. The number of aromatic nitrogens is 1. The average molecular weight is 277 g/mol. The molecule has 2 aromatic rings. The molecule has 0 aliphatic carbocycles. The quantitative estimate of drug-likeness (QED) is 0.899. The molecule has 0 atom stereocenters. The summed E-state index contributed by atoms with van der Waals surface area (Å²) in [6.07, 6.45) is 1.79. The summed E-state index contributed by atoms with van der Waals surface area (Å²) in [5.41, 5.74) is 2.79. The van der Waals surface area contributed by atoms with Crippen molar-refractivity contribution < 1.29 is 9.90 Å². The summed E-state index contributed by atoms with van der Waals surface area (Å²) in [5, 5.41) is 12.4. The molecule has 2 rings (SSSR count). The highest BCUT2D eigenvalue weighted by molar-refractivity contribution is 6.33. The number of rotatable bonds is 4. The molecule has 4 nitrogen and oxygen atoms in total. The molecule has 1 aromatic heterocycles. The number of pyridine rings is 1. The molecule has 1 heterocycles. The predicted molar refractivity (Wildman–Crippen MR) is 74.7 cm³/mol. The zero-order chi connectivity index (χ0) is 13.8. The fraction of sp³-hybridized carbons (Fsp3) is 0.143. The van der Waals surface area contributed by atoms with Crippen molar-refractivity contribution in [2.45, 2.75) is 13.5 Å². The Kier molecular flexibility index (Phi) is 4.02. The van der Waals surface area contributed by atoms with E-state index in [9.17, 15) is 4.79 Å². The molecular weight excluding hydrogens is 264 g/mol. The number of benzene rings is 1. The van der Waals surface area contributed by atoms with Crippen LogP contribution in [0.4, 0.5) is 5.69 Å². The Labute approximate surface area is 116 Å². The Morgan fingerprint density at radius 3 is 2.79 bits per heavy atom. The van der Waals surface area contributed by atoms with Crippen LogP contribution in [0.3, 0.4) is 0 Å². The third kappa shape index (κ3) is 3.45. The van der Waals surface area contributed by atoms with E-state index in [1.165, 1.54) is 6.07 Å². The second kappa shape index (κ2) is 5.71. The van der Waals surface area contributed by atoms with Crippen molar-refractivity contribution in [3.63, 3.8) is 0 Å². The first kappa shape index (κ1) is 13.4.